The van der Waals surface area contributed by atoms with Crippen LogP contribution in [0.5, 0.6) is 0 Å². The van der Waals surface area contributed by atoms with Gasteiger partial charge in [-0.05, 0) is 29.9 Å². The first-order valence-electron chi connectivity index (χ1n) is 4.03. The van der Waals surface area contributed by atoms with E-state index in [2.05, 4.69) is 10.6 Å². The van der Waals surface area contributed by atoms with Crippen LogP contribution >= 0.6 is 23.8 Å². The summed E-state index contributed by atoms with van der Waals surface area (Å²) in [6.07, 6.45) is 0. The molecule has 0 unspecified atom stereocenters. The average Bonchev–Trinajstić information content (AvgIpc) is 2.19. The minimum atomic E-state index is -0.411. The quantitative estimate of drug-likeness (QED) is 0.764. The number of hydrogen-bond acceptors (Lipinski definition) is 1. The van der Waals surface area contributed by atoms with Crippen molar-refractivity contribution in [3.63, 3.8) is 0 Å². The van der Waals surface area contributed by atoms with E-state index in [4.69, 9.17) is 23.8 Å². The van der Waals surface area contributed by atoms with E-state index in [1.165, 1.54) is 6.07 Å². The summed E-state index contributed by atoms with van der Waals surface area (Å²) in [5.41, 5.74) is 0.883. The van der Waals surface area contributed by atoms with Gasteiger partial charge in [-0.3, -0.25) is 0 Å². The zero-order valence-electron chi connectivity index (χ0n) is 7.60. The van der Waals surface area contributed by atoms with Crippen molar-refractivity contribution in [1.82, 2.24) is 10.6 Å². The summed E-state index contributed by atoms with van der Waals surface area (Å²) in [5.74, 6) is -0.411. The van der Waals surface area contributed by atoms with Crippen molar-refractivity contribution in [3.05, 3.63) is 34.6 Å². The standard InChI is InChI=1S/C9H10ClFN2S/c1-12-9(14)13-5-6-2-3-8(11)7(10)4-6/h2-4H,5H2,1H3,(H2,12,13,14). The van der Waals surface area contributed by atoms with Crippen molar-refractivity contribution in [2.45, 2.75) is 6.54 Å². The van der Waals surface area contributed by atoms with Gasteiger partial charge in [0.2, 0.25) is 0 Å². The molecule has 0 radical (unpaired) electrons. The molecule has 0 amide bonds. The summed E-state index contributed by atoms with van der Waals surface area (Å²) < 4.78 is 12.8. The second kappa shape index (κ2) is 5.12. The van der Waals surface area contributed by atoms with E-state index in [1.54, 1.807) is 19.2 Å². The Bertz CT molecular complexity index is 344. The summed E-state index contributed by atoms with van der Waals surface area (Å²) in [4.78, 5) is 0. The van der Waals surface area contributed by atoms with Crippen LogP contribution in [0.3, 0.4) is 0 Å². The van der Waals surface area contributed by atoms with Crippen molar-refractivity contribution >= 4 is 28.9 Å². The molecule has 0 spiro atoms. The Morgan fingerprint density at radius 2 is 2.29 bits per heavy atom. The highest BCUT2D eigenvalue weighted by molar-refractivity contribution is 7.80. The van der Waals surface area contributed by atoms with Gasteiger partial charge in [0.05, 0.1) is 5.02 Å². The number of hydrogen-bond donors (Lipinski definition) is 2. The highest BCUT2D eigenvalue weighted by Gasteiger charge is 2.00. The first kappa shape index (κ1) is 11.2. The Morgan fingerprint density at radius 3 is 2.86 bits per heavy atom. The maximum absolute atomic E-state index is 12.8. The number of benzene rings is 1. The van der Waals surface area contributed by atoms with Gasteiger partial charge in [0.25, 0.3) is 0 Å². The van der Waals surface area contributed by atoms with Crippen molar-refractivity contribution < 1.29 is 4.39 Å². The van der Waals surface area contributed by atoms with Crippen LogP contribution in [0.1, 0.15) is 5.56 Å². The maximum Gasteiger partial charge on any atom is 0.166 e. The molecule has 5 heteroatoms. The molecular formula is C9H10ClFN2S. The van der Waals surface area contributed by atoms with E-state index in [-0.39, 0.29) is 5.02 Å². The molecule has 76 valence electrons. The molecule has 1 rings (SSSR count). The average molecular weight is 233 g/mol. The van der Waals surface area contributed by atoms with Gasteiger partial charge in [0, 0.05) is 13.6 Å². The van der Waals surface area contributed by atoms with Crippen LogP contribution in [0, 0.1) is 5.82 Å². The van der Waals surface area contributed by atoms with Crippen molar-refractivity contribution in [2.75, 3.05) is 7.05 Å². The zero-order chi connectivity index (χ0) is 10.6. The molecule has 1 aromatic carbocycles. The molecule has 0 aliphatic heterocycles. The fraction of sp³-hybridized carbons (Fsp3) is 0.222. The molecule has 0 heterocycles. The van der Waals surface area contributed by atoms with Crippen molar-refractivity contribution in [3.8, 4) is 0 Å². The van der Waals surface area contributed by atoms with Gasteiger partial charge < -0.3 is 10.6 Å². The van der Waals surface area contributed by atoms with E-state index < -0.39 is 5.82 Å². The third-order valence-corrected chi connectivity index (χ3v) is 2.30. The fourth-order valence-corrected chi connectivity index (χ4v) is 1.20. The molecule has 2 nitrogen and oxygen atoms in total. The lowest BCUT2D eigenvalue weighted by atomic mass is 10.2. The highest BCUT2D eigenvalue weighted by Crippen LogP contribution is 2.15. The molecule has 0 saturated heterocycles. The second-order valence-corrected chi connectivity index (χ2v) is 3.50. The van der Waals surface area contributed by atoms with Gasteiger partial charge in [0.1, 0.15) is 5.82 Å². The lowest BCUT2D eigenvalue weighted by Crippen LogP contribution is -2.31. The summed E-state index contributed by atoms with van der Waals surface area (Å²) in [6, 6.07) is 4.57. The molecule has 1 aromatic rings. The zero-order valence-corrected chi connectivity index (χ0v) is 9.18. The smallest absolute Gasteiger partial charge is 0.166 e. The lowest BCUT2D eigenvalue weighted by molar-refractivity contribution is 0.627. The monoisotopic (exact) mass is 232 g/mol. The van der Waals surface area contributed by atoms with Gasteiger partial charge in [-0.2, -0.15) is 0 Å². The molecule has 0 saturated carbocycles. The summed E-state index contributed by atoms with van der Waals surface area (Å²) in [5, 5.41) is 6.38. The number of thiocarbonyl (C=S) groups is 1. The van der Waals surface area contributed by atoms with E-state index in [9.17, 15) is 4.39 Å². The van der Waals surface area contributed by atoms with Crippen molar-refractivity contribution in [1.29, 1.82) is 0 Å². The molecule has 0 fully saturated rings. The second-order valence-electron chi connectivity index (χ2n) is 2.68. The number of nitrogens with one attached hydrogen (secondary N) is 2. The van der Waals surface area contributed by atoms with E-state index in [0.29, 0.717) is 11.7 Å². The molecule has 0 atom stereocenters. The third kappa shape index (κ3) is 3.12. The molecule has 0 aromatic heterocycles. The Kier molecular flexibility index (Phi) is 4.10. The Balaban J connectivity index is 2.60. The molecular weight excluding hydrogens is 223 g/mol. The third-order valence-electron chi connectivity index (χ3n) is 1.66. The van der Waals surface area contributed by atoms with Crippen LogP contribution in [0.2, 0.25) is 5.02 Å². The first-order chi connectivity index (χ1) is 6.63. The van der Waals surface area contributed by atoms with Crippen molar-refractivity contribution in [2.24, 2.45) is 0 Å². The molecule has 14 heavy (non-hydrogen) atoms. The Labute approximate surface area is 92.5 Å². The Morgan fingerprint density at radius 1 is 1.57 bits per heavy atom. The van der Waals surface area contributed by atoms with Gasteiger partial charge >= 0.3 is 0 Å². The molecule has 0 bridgehead atoms. The maximum atomic E-state index is 12.8. The molecule has 0 aliphatic carbocycles. The minimum absolute atomic E-state index is 0.125. The lowest BCUT2D eigenvalue weighted by Gasteiger charge is -2.07. The normalized spacial score (nSPS) is 9.64. The fourth-order valence-electron chi connectivity index (χ4n) is 0.920. The predicted octanol–water partition coefficient (Wildman–Crippen LogP) is 2.07. The molecule has 0 aliphatic rings. The number of rotatable bonds is 2. The van der Waals surface area contributed by atoms with Crippen LogP contribution in [0.15, 0.2) is 18.2 Å². The summed E-state index contributed by atoms with van der Waals surface area (Å²) >= 11 is 10.5. The van der Waals surface area contributed by atoms with Crippen LogP contribution < -0.4 is 10.6 Å². The largest absolute Gasteiger partial charge is 0.366 e. The van der Waals surface area contributed by atoms with Crippen LogP contribution in [-0.2, 0) is 6.54 Å². The molecule has 2 N–H and O–H groups in total. The first-order valence-corrected chi connectivity index (χ1v) is 4.81. The number of halogens is 2. The predicted molar refractivity (Wildman–Crippen MR) is 59.9 cm³/mol. The highest BCUT2D eigenvalue weighted by atomic mass is 35.5. The topological polar surface area (TPSA) is 24.1 Å². The van der Waals surface area contributed by atoms with Crippen LogP contribution in [-0.4, -0.2) is 12.2 Å². The van der Waals surface area contributed by atoms with E-state index in [1.807, 2.05) is 0 Å². The SMILES string of the molecule is CNC(=S)NCc1ccc(F)c(Cl)c1. The van der Waals surface area contributed by atoms with Crippen LogP contribution in [0.4, 0.5) is 4.39 Å². The Hall–Kier alpha value is -0.870. The van der Waals surface area contributed by atoms with Gasteiger partial charge in [-0.15, -0.1) is 0 Å². The van der Waals surface area contributed by atoms with Gasteiger partial charge in [-0.1, -0.05) is 17.7 Å². The van der Waals surface area contributed by atoms with Gasteiger partial charge in [-0.25, -0.2) is 4.39 Å². The summed E-state index contributed by atoms with van der Waals surface area (Å²) in [7, 11) is 1.73. The van der Waals surface area contributed by atoms with Gasteiger partial charge in [0.15, 0.2) is 5.11 Å². The minimum Gasteiger partial charge on any atom is -0.366 e. The summed E-state index contributed by atoms with van der Waals surface area (Å²) in [6.45, 7) is 0.527. The van der Waals surface area contributed by atoms with E-state index in [0.717, 1.165) is 5.56 Å². The van der Waals surface area contributed by atoms with Crippen LogP contribution in [0.25, 0.3) is 0 Å². The van der Waals surface area contributed by atoms with E-state index >= 15 is 0 Å².